The smallest absolute Gasteiger partial charge is 0.191 e. The molecule has 1 saturated heterocycles. The van der Waals surface area contributed by atoms with Crippen LogP contribution in [0, 0.1) is 0 Å². The summed E-state index contributed by atoms with van der Waals surface area (Å²) >= 11 is 3.51. The topological polar surface area (TPSA) is 50.8 Å². The van der Waals surface area contributed by atoms with Crippen molar-refractivity contribution in [1.82, 2.24) is 4.90 Å². The third kappa shape index (κ3) is 3.46. The third-order valence-electron chi connectivity index (χ3n) is 4.91. The van der Waals surface area contributed by atoms with Crippen LogP contribution in [0.2, 0.25) is 0 Å². The van der Waals surface area contributed by atoms with Crippen LogP contribution in [0.25, 0.3) is 0 Å². The van der Waals surface area contributed by atoms with Gasteiger partial charge in [-0.2, -0.15) is 0 Å². The highest BCUT2D eigenvalue weighted by molar-refractivity contribution is 9.10. The Labute approximate surface area is 140 Å². The summed E-state index contributed by atoms with van der Waals surface area (Å²) in [5.41, 5.74) is 7.56. The minimum absolute atomic E-state index is 0.0496. The van der Waals surface area contributed by atoms with Gasteiger partial charge >= 0.3 is 0 Å². The number of hydrogen-bond donors (Lipinski definition) is 1. The number of hydrogen-bond acceptors (Lipinski definition) is 2. The van der Waals surface area contributed by atoms with Crippen LogP contribution in [0.15, 0.2) is 33.7 Å². The van der Waals surface area contributed by atoms with Crippen molar-refractivity contribution in [3.05, 3.63) is 34.3 Å². The molecule has 1 aliphatic carbocycles. The van der Waals surface area contributed by atoms with Crippen molar-refractivity contribution in [3.63, 3.8) is 0 Å². The standard InChI is InChI=1S/C17H24BrN3O/c1-21(15-6-7-15)16(19)20-12-17(8-10-22-11-9-17)13-2-4-14(18)5-3-13/h2-5,15H,6-12H2,1H3,(H2,19,20). The number of benzene rings is 1. The SMILES string of the molecule is CN(C(N)=NCC1(c2ccc(Br)cc2)CCOCC1)C1CC1. The Morgan fingerprint density at radius 1 is 1.32 bits per heavy atom. The molecule has 0 spiro atoms. The minimum atomic E-state index is 0.0496. The van der Waals surface area contributed by atoms with E-state index in [1.807, 2.05) is 7.05 Å². The maximum Gasteiger partial charge on any atom is 0.191 e. The highest BCUT2D eigenvalue weighted by Gasteiger charge is 2.35. The van der Waals surface area contributed by atoms with Gasteiger partial charge < -0.3 is 15.4 Å². The molecule has 0 unspecified atom stereocenters. The van der Waals surface area contributed by atoms with E-state index in [9.17, 15) is 0 Å². The molecule has 1 aromatic rings. The molecule has 5 heteroatoms. The van der Waals surface area contributed by atoms with E-state index in [4.69, 9.17) is 15.5 Å². The zero-order valence-electron chi connectivity index (χ0n) is 13.1. The van der Waals surface area contributed by atoms with Crippen molar-refractivity contribution in [3.8, 4) is 0 Å². The van der Waals surface area contributed by atoms with Crippen molar-refractivity contribution in [2.45, 2.75) is 37.1 Å². The molecule has 3 rings (SSSR count). The van der Waals surface area contributed by atoms with E-state index < -0.39 is 0 Å². The van der Waals surface area contributed by atoms with Gasteiger partial charge in [-0.25, -0.2) is 0 Å². The summed E-state index contributed by atoms with van der Waals surface area (Å²) in [6, 6.07) is 9.21. The molecule has 0 aromatic heterocycles. The molecule has 2 fully saturated rings. The average molecular weight is 366 g/mol. The van der Waals surface area contributed by atoms with Gasteiger partial charge in [-0.1, -0.05) is 28.1 Å². The molecular formula is C17H24BrN3O. The average Bonchev–Trinajstić information content (AvgIpc) is 3.38. The molecule has 0 atom stereocenters. The Morgan fingerprint density at radius 2 is 1.95 bits per heavy atom. The Bertz CT molecular complexity index is 533. The highest BCUT2D eigenvalue weighted by atomic mass is 79.9. The number of nitrogens with two attached hydrogens (primary N) is 1. The number of guanidine groups is 1. The van der Waals surface area contributed by atoms with Gasteiger partial charge in [-0.15, -0.1) is 0 Å². The van der Waals surface area contributed by atoms with E-state index in [1.165, 1.54) is 18.4 Å². The second-order valence-corrected chi connectivity index (χ2v) is 7.33. The predicted molar refractivity (Wildman–Crippen MR) is 93.1 cm³/mol. The van der Waals surface area contributed by atoms with E-state index in [0.29, 0.717) is 12.0 Å². The fourth-order valence-electron chi connectivity index (χ4n) is 3.10. The molecule has 0 amide bonds. The van der Waals surface area contributed by atoms with Crippen molar-refractivity contribution in [2.24, 2.45) is 10.7 Å². The number of nitrogens with zero attached hydrogens (tertiary/aromatic N) is 2. The van der Waals surface area contributed by atoms with Crippen LogP contribution in [0.4, 0.5) is 0 Å². The molecule has 1 aromatic carbocycles. The Morgan fingerprint density at radius 3 is 2.55 bits per heavy atom. The first-order valence-electron chi connectivity index (χ1n) is 7.97. The monoisotopic (exact) mass is 365 g/mol. The van der Waals surface area contributed by atoms with Gasteiger partial charge in [-0.3, -0.25) is 4.99 Å². The first-order chi connectivity index (χ1) is 10.6. The molecule has 120 valence electrons. The predicted octanol–water partition coefficient (Wildman–Crippen LogP) is 2.91. The molecule has 4 nitrogen and oxygen atoms in total. The normalized spacial score (nSPS) is 21.6. The summed E-state index contributed by atoms with van der Waals surface area (Å²) in [5, 5.41) is 0. The summed E-state index contributed by atoms with van der Waals surface area (Å²) < 4.78 is 6.68. The van der Waals surface area contributed by atoms with Crippen LogP contribution in [0.3, 0.4) is 0 Å². The summed E-state index contributed by atoms with van der Waals surface area (Å²) in [5.74, 6) is 0.672. The molecule has 2 aliphatic rings. The molecule has 0 bridgehead atoms. The quantitative estimate of drug-likeness (QED) is 0.659. The fraction of sp³-hybridized carbons (Fsp3) is 0.588. The molecular weight excluding hydrogens is 342 g/mol. The van der Waals surface area contributed by atoms with Crippen LogP contribution >= 0.6 is 15.9 Å². The van der Waals surface area contributed by atoms with E-state index in [1.54, 1.807) is 0 Å². The Hall–Kier alpha value is -1.07. The van der Waals surface area contributed by atoms with Gasteiger partial charge in [0.05, 0.1) is 6.54 Å². The van der Waals surface area contributed by atoms with Gasteiger partial charge in [0.25, 0.3) is 0 Å². The van der Waals surface area contributed by atoms with E-state index in [0.717, 1.165) is 37.1 Å². The van der Waals surface area contributed by atoms with Crippen LogP contribution in [-0.4, -0.2) is 43.7 Å². The van der Waals surface area contributed by atoms with Gasteiger partial charge in [0.15, 0.2) is 5.96 Å². The largest absolute Gasteiger partial charge is 0.381 e. The lowest BCUT2D eigenvalue weighted by molar-refractivity contribution is 0.0530. The van der Waals surface area contributed by atoms with Crippen molar-refractivity contribution in [1.29, 1.82) is 0 Å². The minimum Gasteiger partial charge on any atom is -0.381 e. The lowest BCUT2D eigenvalue weighted by Gasteiger charge is -2.37. The van der Waals surface area contributed by atoms with Crippen molar-refractivity contribution < 1.29 is 4.74 Å². The lowest BCUT2D eigenvalue weighted by atomic mass is 9.74. The number of halogens is 1. The zero-order valence-corrected chi connectivity index (χ0v) is 14.7. The molecule has 22 heavy (non-hydrogen) atoms. The van der Waals surface area contributed by atoms with Crippen LogP contribution in [0.5, 0.6) is 0 Å². The second kappa shape index (κ2) is 6.59. The van der Waals surface area contributed by atoms with Gasteiger partial charge in [0.1, 0.15) is 0 Å². The Balaban J connectivity index is 1.79. The van der Waals surface area contributed by atoms with E-state index in [2.05, 4.69) is 45.1 Å². The van der Waals surface area contributed by atoms with Gasteiger partial charge in [-0.05, 0) is 43.4 Å². The number of ether oxygens (including phenoxy) is 1. The maximum atomic E-state index is 6.17. The molecule has 1 heterocycles. The van der Waals surface area contributed by atoms with Crippen molar-refractivity contribution >= 4 is 21.9 Å². The summed E-state index contributed by atoms with van der Waals surface area (Å²) in [6.45, 7) is 2.33. The van der Waals surface area contributed by atoms with Crippen molar-refractivity contribution in [2.75, 3.05) is 26.8 Å². The van der Waals surface area contributed by atoms with E-state index >= 15 is 0 Å². The van der Waals surface area contributed by atoms with Crippen LogP contribution in [-0.2, 0) is 10.2 Å². The van der Waals surface area contributed by atoms with Crippen LogP contribution in [0.1, 0.15) is 31.2 Å². The second-order valence-electron chi connectivity index (χ2n) is 6.42. The maximum absolute atomic E-state index is 6.17. The van der Waals surface area contributed by atoms with Gasteiger partial charge in [0.2, 0.25) is 0 Å². The molecule has 2 N–H and O–H groups in total. The first-order valence-corrected chi connectivity index (χ1v) is 8.77. The summed E-state index contributed by atoms with van der Waals surface area (Å²) in [6.07, 6.45) is 4.47. The number of aliphatic imine (C=N–C) groups is 1. The Kier molecular flexibility index (Phi) is 4.73. The zero-order chi connectivity index (χ0) is 15.6. The fourth-order valence-corrected chi connectivity index (χ4v) is 3.36. The number of rotatable bonds is 4. The lowest BCUT2D eigenvalue weighted by Crippen LogP contribution is -2.40. The summed E-state index contributed by atoms with van der Waals surface area (Å²) in [4.78, 5) is 6.85. The van der Waals surface area contributed by atoms with Gasteiger partial charge in [0, 0.05) is 36.2 Å². The van der Waals surface area contributed by atoms with Crippen LogP contribution < -0.4 is 5.73 Å². The third-order valence-corrected chi connectivity index (χ3v) is 5.43. The molecule has 1 aliphatic heterocycles. The first kappa shape index (κ1) is 15.8. The summed E-state index contributed by atoms with van der Waals surface area (Å²) in [7, 11) is 2.05. The molecule has 1 saturated carbocycles. The van der Waals surface area contributed by atoms with E-state index in [-0.39, 0.29) is 5.41 Å². The molecule has 0 radical (unpaired) electrons. The highest BCUT2D eigenvalue weighted by Crippen LogP contribution is 2.36.